The van der Waals surface area contributed by atoms with Crippen molar-refractivity contribution >= 4 is 17.7 Å². The third kappa shape index (κ3) is 2.99. The molecule has 14 heavy (non-hydrogen) atoms. The van der Waals surface area contributed by atoms with Gasteiger partial charge in [-0.25, -0.2) is 9.18 Å². The SMILES string of the molecule is CCOC(=O)C(F)Sc1nnc(C)o1. The number of carbonyl (C=O) groups excluding carboxylic acids is 1. The van der Waals surface area contributed by atoms with Crippen molar-refractivity contribution in [2.45, 2.75) is 24.6 Å². The number of alkyl halides is 1. The predicted molar refractivity (Wildman–Crippen MR) is 46.4 cm³/mol. The van der Waals surface area contributed by atoms with Gasteiger partial charge >= 0.3 is 5.97 Å². The molecule has 1 atom stereocenters. The van der Waals surface area contributed by atoms with Gasteiger partial charge in [-0.15, -0.1) is 10.2 Å². The molecule has 5 nitrogen and oxygen atoms in total. The Morgan fingerprint density at radius 2 is 2.43 bits per heavy atom. The summed E-state index contributed by atoms with van der Waals surface area (Å²) >= 11 is 0.531. The van der Waals surface area contributed by atoms with Gasteiger partial charge in [0, 0.05) is 6.92 Å². The van der Waals surface area contributed by atoms with Crippen LogP contribution in [0.15, 0.2) is 9.64 Å². The molecule has 0 aromatic carbocycles. The zero-order chi connectivity index (χ0) is 10.6. The maximum absolute atomic E-state index is 13.0. The number of aryl methyl sites for hydroxylation is 1. The van der Waals surface area contributed by atoms with Crippen LogP contribution < -0.4 is 0 Å². The highest BCUT2D eigenvalue weighted by molar-refractivity contribution is 8.00. The Hall–Kier alpha value is -1.11. The second-order valence-electron chi connectivity index (χ2n) is 2.27. The zero-order valence-corrected chi connectivity index (χ0v) is 8.51. The van der Waals surface area contributed by atoms with Gasteiger partial charge in [0.25, 0.3) is 10.7 Å². The Kier molecular flexibility index (Phi) is 3.87. The van der Waals surface area contributed by atoms with Gasteiger partial charge in [0.1, 0.15) is 0 Å². The summed E-state index contributed by atoms with van der Waals surface area (Å²) in [6, 6.07) is 0. The van der Waals surface area contributed by atoms with Gasteiger partial charge in [-0.2, -0.15) is 0 Å². The number of hydrogen-bond donors (Lipinski definition) is 0. The van der Waals surface area contributed by atoms with Gasteiger partial charge in [-0.3, -0.25) is 0 Å². The summed E-state index contributed by atoms with van der Waals surface area (Å²) in [6.45, 7) is 3.32. The lowest BCUT2D eigenvalue weighted by Gasteiger charge is -2.03. The quantitative estimate of drug-likeness (QED) is 0.563. The van der Waals surface area contributed by atoms with Crippen LogP contribution in [-0.4, -0.2) is 28.3 Å². The van der Waals surface area contributed by atoms with E-state index in [9.17, 15) is 9.18 Å². The summed E-state index contributed by atoms with van der Waals surface area (Å²) < 4.78 is 22.4. The van der Waals surface area contributed by atoms with Gasteiger partial charge in [-0.05, 0) is 18.7 Å². The Morgan fingerprint density at radius 1 is 1.71 bits per heavy atom. The summed E-state index contributed by atoms with van der Waals surface area (Å²) in [5.41, 5.74) is -1.82. The van der Waals surface area contributed by atoms with Crippen LogP contribution in [-0.2, 0) is 9.53 Å². The number of thioether (sulfide) groups is 1. The van der Waals surface area contributed by atoms with E-state index in [2.05, 4.69) is 14.9 Å². The average Bonchev–Trinajstić information content (AvgIpc) is 2.51. The lowest BCUT2D eigenvalue weighted by Crippen LogP contribution is -2.15. The number of aromatic nitrogens is 2. The third-order valence-corrected chi connectivity index (χ3v) is 1.95. The molecule has 1 aromatic heterocycles. The molecule has 0 radical (unpaired) electrons. The van der Waals surface area contributed by atoms with E-state index in [1.807, 2.05) is 0 Å². The Bertz CT molecular complexity index is 318. The highest BCUT2D eigenvalue weighted by Crippen LogP contribution is 2.23. The minimum Gasteiger partial charge on any atom is -0.463 e. The van der Waals surface area contributed by atoms with Crippen LogP contribution in [0, 0.1) is 6.92 Å². The van der Waals surface area contributed by atoms with Gasteiger partial charge in [0.2, 0.25) is 5.89 Å². The minimum absolute atomic E-state index is 0.0167. The van der Waals surface area contributed by atoms with E-state index in [0.717, 1.165) is 0 Å². The fourth-order valence-electron chi connectivity index (χ4n) is 0.670. The first-order chi connectivity index (χ1) is 6.63. The number of carbonyl (C=O) groups is 1. The maximum atomic E-state index is 13.0. The molecule has 0 saturated carbocycles. The lowest BCUT2D eigenvalue weighted by molar-refractivity contribution is -0.145. The predicted octanol–water partition coefficient (Wildman–Crippen LogP) is 1.33. The topological polar surface area (TPSA) is 65.2 Å². The van der Waals surface area contributed by atoms with E-state index in [-0.39, 0.29) is 11.8 Å². The van der Waals surface area contributed by atoms with Crippen molar-refractivity contribution in [2.24, 2.45) is 0 Å². The zero-order valence-electron chi connectivity index (χ0n) is 7.69. The van der Waals surface area contributed by atoms with E-state index in [1.165, 1.54) is 0 Å². The lowest BCUT2D eigenvalue weighted by atomic mass is 10.7. The molecule has 7 heteroatoms. The Labute approximate surface area is 84.0 Å². The van der Waals surface area contributed by atoms with E-state index in [1.54, 1.807) is 13.8 Å². The molecule has 1 unspecified atom stereocenters. The second-order valence-corrected chi connectivity index (χ2v) is 3.27. The van der Waals surface area contributed by atoms with Crippen LogP contribution in [0.1, 0.15) is 12.8 Å². The standard InChI is InChI=1S/C7H9FN2O3S/c1-3-12-6(11)5(8)14-7-10-9-4(2)13-7/h5H,3H2,1-2H3. The normalized spacial score (nSPS) is 12.5. The highest BCUT2D eigenvalue weighted by Gasteiger charge is 2.22. The first kappa shape index (κ1) is 11.0. The molecule has 0 saturated heterocycles. The summed E-state index contributed by atoms with van der Waals surface area (Å²) in [5, 5.41) is 7.03. The number of hydrogen-bond acceptors (Lipinski definition) is 6. The molecule has 1 heterocycles. The van der Waals surface area contributed by atoms with Gasteiger partial charge < -0.3 is 9.15 Å². The van der Waals surface area contributed by atoms with Crippen molar-refractivity contribution in [3.8, 4) is 0 Å². The molecular weight excluding hydrogens is 211 g/mol. The van der Waals surface area contributed by atoms with Crippen molar-refractivity contribution in [1.29, 1.82) is 0 Å². The first-order valence-electron chi connectivity index (χ1n) is 3.91. The largest absolute Gasteiger partial charge is 0.463 e. The molecule has 0 spiro atoms. The van der Waals surface area contributed by atoms with Crippen LogP contribution in [0.5, 0.6) is 0 Å². The Morgan fingerprint density at radius 3 is 2.93 bits per heavy atom. The molecule has 0 aliphatic rings. The number of nitrogens with zero attached hydrogens (tertiary/aromatic N) is 2. The highest BCUT2D eigenvalue weighted by atomic mass is 32.2. The number of halogens is 1. The van der Waals surface area contributed by atoms with Crippen LogP contribution in [0.4, 0.5) is 4.39 Å². The molecule has 78 valence electrons. The molecule has 0 bridgehead atoms. The van der Waals surface area contributed by atoms with Gasteiger partial charge in [-0.1, -0.05) is 0 Å². The van der Waals surface area contributed by atoms with Crippen LogP contribution in [0.3, 0.4) is 0 Å². The molecule has 0 fully saturated rings. The summed E-state index contributed by atoms with van der Waals surface area (Å²) in [4.78, 5) is 10.8. The van der Waals surface area contributed by atoms with Crippen molar-refractivity contribution in [3.63, 3.8) is 0 Å². The van der Waals surface area contributed by atoms with E-state index >= 15 is 0 Å². The molecule has 0 amide bonds. The van der Waals surface area contributed by atoms with Crippen LogP contribution in [0.25, 0.3) is 0 Å². The maximum Gasteiger partial charge on any atom is 0.351 e. The molecule has 1 aromatic rings. The van der Waals surface area contributed by atoms with Crippen LogP contribution >= 0.6 is 11.8 Å². The number of rotatable bonds is 4. The molecule has 1 rings (SSSR count). The van der Waals surface area contributed by atoms with E-state index in [0.29, 0.717) is 17.7 Å². The van der Waals surface area contributed by atoms with Crippen molar-refractivity contribution in [3.05, 3.63) is 5.89 Å². The number of esters is 1. The summed E-state index contributed by atoms with van der Waals surface area (Å²) in [6.07, 6.45) is 0. The third-order valence-electron chi connectivity index (χ3n) is 1.18. The summed E-state index contributed by atoms with van der Waals surface area (Å²) in [5.74, 6) is -0.614. The fraction of sp³-hybridized carbons (Fsp3) is 0.571. The van der Waals surface area contributed by atoms with Crippen molar-refractivity contribution < 1.29 is 18.3 Å². The monoisotopic (exact) mass is 220 g/mol. The first-order valence-corrected chi connectivity index (χ1v) is 4.79. The minimum atomic E-state index is -1.82. The Balaban J connectivity index is 2.48. The fourth-order valence-corrected chi connectivity index (χ4v) is 1.27. The van der Waals surface area contributed by atoms with Crippen molar-refractivity contribution in [2.75, 3.05) is 6.61 Å². The smallest absolute Gasteiger partial charge is 0.351 e. The molecular formula is C7H9FN2O3S. The average molecular weight is 220 g/mol. The number of ether oxygens (including phenoxy) is 1. The van der Waals surface area contributed by atoms with Gasteiger partial charge in [0.15, 0.2) is 0 Å². The molecule has 0 aliphatic heterocycles. The molecule has 0 aliphatic carbocycles. The van der Waals surface area contributed by atoms with Crippen molar-refractivity contribution in [1.82, 2.24) is 10.2 Å². The van der Waals surface area contributed by atoms with E-state index < -0.39 is 11.5 Å². The van der Waals surface area contributed by atoms with Crippen LogP contribution in [0.2, 0.25) is 0 Å². The van der Waals surface area contributed by atoms with Gasteiger partial charge in [0.05, 0.1) is 6.61 Å². The van der Waals surface area contributed by atoms with E-state index in [4.69, 9.17) is 4.42 Å². The molecule has 0 N–H and O–H groups in total. The summed E-state index contributed by atoms with van der Waals surface area (Å²) in [7, 11) is 0. The second kappa shape index (κ2) is 4.94.